The van der Waals surface area contributed by atoms with Gasteiger partial charge in [-0.25, -0.2) is 0 Å². The van der Waals surface area contributed by atoms with Gasteiger partial charge in [-0.1, -0.05) is 19.1 Å². The fraction of sp³-hybridized carbons (Fsp3) is 0.793. The molecule has 12 atom stereocenters. The van der Waals surface area contributed by atoms with Crippen LogP contribution in [0.15, 0.2) is 24.3 Å². The second-order valence-corrected chi connectivity index (χ2v) is 12.2. The van der Waals surface area contributed by atoms with E-state index in [1.54, 1.807) is 6.92 Å². The van der Waals surface area contributed by atoms with Crippen molar-refractivity contribution in [1.82, 2.24) is 0 Å². The lowest BCUT2D eigenvalue weighted by Crippen LogP contribution is -2.60. The zero-order chi connectivity index (χ0) is 26.5. The van der Waals surface area contributed by atoms with E-state index < -0.39 is 42.3 Å². The van der Waals surface area contributed by atoms with E-state index in [-0.39, 0.29) is 11.5 Å². The number of allylic oxidation sites excluding steroid dienone is 2. The van der Waals surface area contributed by atoms with Crippen molar-refractivity contribution in [2.75, 3.05) is 0 Å². The molecule has 8 heteroatoms. The number of hydrogen-bond donors (Lipinski definition) is 2. The number of rotatable bonds is 6. The zero-order valence-corrected chi connectivity index (χ0v) is 22.2. The second kappa shape index (κ2) is 10.1. The number of fused-ring (bicyclic) bond motifs is 5. The van der Waals surface area contributed by atoms with Gasteiger partial charge in [-0.3, -0.25) is 9.59 Å². The Kier molecular flexibility index (Phi) is 7.33. The Morgan fingerprint density at radius 3 is 2.65 bits per heavy atom. The van der Waals surface area contributed by atoms with E-state index in [0.29, 0.717) is 49.4 Å². The van der Waals surface area contributed by atoms with Crippen molar-refractivity contribution in [3.8, 4) is 0 Å². The van der Waals surface area contributed by atoms with Crippen LogP contribution in [0.1, 0.15) is 72.1 Å². The smallest absolute Gasteiger partial charge is 0.303 e. The van der Waals surface area contributed by atoms with E-state index in [0.717, 1.165) is 24.8 Å². The van der Waals surface area contributed by atoms with Crippen LogP contribution in [0.3, 0.4) is 0 Å². The molecule has 0 amide bonds. The summed E-state index contributed by atoms with van der Waals surface area (Å²) in [5, 5.41) is 21.2. The molecule has 206 valence electrons. The molecule has 2 N–H and O–H groups in total. The average molecular weight is 519 g/mol. The SMILES string of the molecule is C=CC1CCC2C3CC=C4CC(OC5OC(C)C(O)C(OC(C)=O)C5O)CCC4(OC=O)C3CCC12C. The maximum absolute atomic E-state index is 11.8. The van der Waals surface area contributed by atoms with Crippen LogP contribution in [0.2, 0.25) is 0 Å². The monoisotopic (exact) mass is 518 g/mol. The van der Waals surface area contributed by atoms with Crippen LogP contribution in [0, 0.1) is 29.1 Å². The molecule has 0 bridgehead atoms. The van der Waals surface area contributed by atoms with Crippen LogP contribution in [0.4, 0.5) is 0 Å². The van der Waals surface area contributed by atoms with E-state index in [2.05, 4.69) is 25.7 Å². The minimum atomic E-state index is -1.31. The molecule has 5 rings (SSSR count). The van der Waals surface area contributed by atoms with E-state index in [9.17, 15) is 19.8 Å². The van der Waals surface area contributed by atoms with Crippen LogP contribution >= 0.6 is 0 Å². The molecule has 0 aromatic rings. The van der Waals surface area contributed by atoms with Crippen molar-refractivity contribution in [2.24, 2.45) is 29.1 Å². The average Bonchev–Trinajstić information content (AvgIpc) is 3.21. The summed E-state index contributed by atoms with van der Waals surface area (Å²) in [6.07, 6.45) is 6.28. The number of carbonyl (C=O) groups excluding carboxylic acids is 2. The molecule has 37 heavy (non-hydrogen) atoms. The molecule has 3 saturated carbocycles. The number of aliphatic hydroxyl groups excluding tert-OH is 2. The normalized spacial score (nSPS) is 49.1. The number of hydrogen-bond acceptors (Lipinski definition) is 8. The van der Waals surface area contributed by atoms with Crippen LogP contribution in [-0.2, 0) is 28.5 Å². The first kappa shape index (κ1) is 26.9. The first-order valence-electron chi connectivity index (χ1n) is 13.9. The largest absolute Gasteiger partial charge is 0.457 e. The van der Waals surface area contributed by atoms with Gasteiger partial charge in [0.1, 0.15) is 17.8 Å². The van der Waals surface area contributed by atoms with Gasteiger partial charge in [0.2, 0.25) is 0 Å². The molecule has 4 fully saturated rings. The molecular formula is C29H42O8. The summed E-state index contributed by atoms with van der Waals surface area (Å²) in [5.74, 6) is 1.34. The minimum Gasteiger partial charge on any atom is -0.457 e. The third kappa shape index (κ3) is 4.38. The van der Waals surface area contributed by atoms with Gasteiger partial charge in [-0.2, -0.15) is 0 Å². The van der Waals surface area contributed by atoms with Gasteiger partial charge in [0.05, 0.1) is 12.2 Å². The molecule has 4 aliphatic carbocycles. The highest BCUT2D eigenvalue weighted by molar-refractivity contribution is 5.66. The fourth-order valence-electron chi connectivity index (χ4n) is 8.69. The number of aliphatic hydroxyl groups is 2. The first-order valence-corrected chi connectivity index (χ1v) is 13.9. The Bertz CT molecular complexity index is 933. The lowest BCUT2D eigenvalue weighted by molar-refractivity contribution is -0.308. The molecule has 8 nitrogen and oxygen atoms in total. The highest BCUT2D eigenvalue weighted by Gasteiger charge is 2.61. The molecular weight excluding hydrogens is 476 g/mol. The van der Waals surface area contributed by atoms with Crippen molar-refractivity contribution in [3.05, 3.63) is 24.3 Å². The van der Waals surface area contributed by atoms with Crippen LogP contribution in [-0.4, -0.2) is 65.1 Å². The molecule has 1 saturated heterocycles. The molecule has 0 aromatic carbocycles. The van der Waals surface area contributed by atoms with Crippen LogP contribution < -0.4 is 0 Å². The Labute approximate surface area is 219 Å². The van der Waals surface area contributed by atoms with Crippen LogP contribution in [0.25, 0.3) is 0 Å². The molecule has 1 aliphatic heterocycles. The van der Waals surface area contributed by atoms with Crippen molar-refractivity contribution in [2.45, 2.75) is 115 Å². The quantitative estimate of drug-likeness (QED) is 0.313. The van der Waals surface area contributed by atoms with Gasteiger partial charge in [-0.05, 0) is 87.0 Å². The maximum Gasteiger partial charge on any atom is 0.303 e. The Morgan fingerprint density at radius 1 is 1.16 bits per heavy atom. The van der Waals surface area contributed by atoms with Crippen LogP contribution in [0.5, 0.6) is 0 Å². The van der Waals surface area contributed by atoms with Gasteiger partial charge in [0.25, 0.3) is 6.47 Å². The number of carbonyl (C=O) groups is 2. The van der Waals surface area contributed by atoms with E-state index in [1.165, 1.54) is 19.8 Å². The summed E-state index contributed by atoms with van der Waals surface area (Å²) in [6, 6.07) is 0. The van der Waals surface area contributed by atoms with Gasteiger partial charge >= 0.3 is 5.97 Å². The van der Waals surface area contributed by atoms with E-state index >= 15 is 0 Å². The summed E-state index contributed by atoms with van der Waals surface area (Å²) in [6.45, 7) is 10.1. The highest BCUT2D eigenvalue weighted by atomic mass is 16.7. The van der Waals surface area contributed by atoms with Crippen molar-refractivity contribution in [3.63, 3.8) is 0 Å². The summed E-state index contributed by atoms with van der Waals surface area (Å²) in [4.78, 5) is 23.3. The molecule has 5 aliphatic rings. The summed E-state index contributed by atoms with van der Waals surface area (Å²) in [7, 11) is 0. The topological polar surface area (TPSA) is 112 Å². The van der Waals surface area contributed by atoms with Gasteiger partial charge < -0.3 is 29.2 Å². The van der Waals surface area contributed by atoms with Crippen molar-refractivity contribution in [1.29, 1.82) is 0 Å². The van der Waals surface area contributed by atoms with Crippen molar-refractivity contribution < 1.29 is 38.7 Å². The fourth-order valence-corrected chi connectivity index (χ4v) is 8.69. The maximum atomic E-state index is 11.8. The Balaban J connectivity index is 1.33. The minimum absolute atomic E-state index is 0.253. The van der Waals surface area contributed by atoms with Gasteiger partial charge in [-0.15, -0.1) is 6.58 Å². The lowest BCUT2D eigenvalue weighted by Gasteiger charge is -2.57. The molecule has 0 aromatic heterocycles. The van der Waals surface area contributed by atoms with E-state index in [4.69, 9.17) is 18.9 Å². The number of esters is 1. The Morgan fingerprint density at radius 2 is 1.95 bits per heavy atom. The standard InChI is InChI=1S/C29H42O8/c1-5-18-7-9-22-21-8-6-19-14-20(10-13-29(19,34-15-30)23(21)11-12-28(18,22)4)37-27-25(33)26(36-17(3)31)24(32)16(2)35-27/h5-6,15-16,18,20-27,32-33H,1,7-14H2,2-4H3. The van der Waals surface area contributed by atoms with Gasteiger partial charge in [0.15, 0.2) is 12.4 Å². The molecule has 0 radical (unpaired) electrons. The second-order valence-electron chi connectivity index (χ2n) is 12.2. The van der Waals surface area contributed by atoms with Gasteiger partial charge in [0, 0.05) is 12.8 Å². The van der Waals surface area contributed by atoms with Crippen molar-refractivity contribution >= 4 is 12.4 Å². The summed E-state index contributed by atoms with van der Waals surface area (Å²) in [5.41, 5.74) is 0.771. The lowest BCUT2D eigenvalue weighted by atomic mass is 9.50. The number of ether oxygens (including phenoxy) is 4. The molecule has 0 spiro atoms. The zero-order valence-electron chi connectivity index (χ0n) is 22.2. The predicted molar refractivity (Wildman–Crippen MR) is 134 cm³/mol. The Hall–Kier alpha value is -1.74. The molecule has 12 unspecified atom stereocenters. The summed E-state index contributed by atoms with van der Waals surface area (Å²) >= 11 is 0. The summed E-state index contributed by atoms with van der Waals surface area (Å²) < 4.78 is 23.2. The predicted octanol–water partition coefficient (Wildman–Crippen LogP) is 3.44. The highest BCUT2D eigenvalue weighted by Crippen LogP contribution is 2.65. The third-order valence-corrected chi connectivity index (χ3v) is 10.5. The third-order valence-electron chi connectivity index (χ3n) is 10.5. The van der Waals surface area contributed by atoms with E-state index in [1.807, 2.05) is 0 Å². The molecule has 1 heterocycles. The first-order chi connectivity index (χ1) is 17.6.